The fourth-order valence-corrected chi connectivity index (χ4v) is 4.27. The van der Waals surface area contributed by atoms with Crippen molar-refractivity contribution in [3.05, 3.63) is 40.7 Å². The van der Waals surface area contributed by atoms with Gasteiger partial charge in [-0.2, -0.15) is 0 Å². The van der Waals surface area contributed by atoms with Gasteiger partial charge in [0.15, 0.2) is 0 Å². The second-order valence-corrected chi connectivity index (χ2v) is 7.53. The number of hydrogen-bond donors (Lipinski definition) is 1. The summed E-state index contributed by atoms with van der Waals surface area (Å²) in [4.78, 5) is 6.08. The Morgan fingerprint density at radius 1 is 1.30 bits per heavy atom. The van der Waals surface area contributed by atoms with E-state index in [1.807, 2.05) is 0 Å². The molecule has 0 fully saturated rings. The fraction of sp³-hybridized carbons (Fsp3) is 0.600. The second-order valence-electron chi connectivity index (χ2n) is 7.53. The molecule has 1 N–H and O–H groups in total. The van der Waals surface area contributed by atoms with E-state index >= 15 is 0 Å². The molecule has 1 heterocycles. The van der Waals surface area contributed by atoms with Gasteiger partial charge < -0.3 is 9.88 Å². The van der Waals surface area contributed by atoms with E-state index in [0.717, 1.165) is 0 Å². The van der Waals surface area contributed by atoms with Crippen LogP contribution in [-0.4, -0.2) is 30.5 Å². The van der Waals surface area contributed by atoms with Gasteiger partial charge in [-0.25, -0.2) is 0 Å². The lowest BCUT2D eigenvalue weighted by atomic mass is 9.68. The third-order valence-corrected chi connectivity index (χ3v) is 5.54. The van der Waals surface area contributed by atoms with Gasteiger partial charge in [0.25, 0.3) is 0 Å². The van der Waals surface area contributed by atoms with Crippen LogP contribution in [0.15, 0.2) is 18.2 Å². The number of aryl methyl sites for hydroxylation is 1. The normalized spacial score (nSPS) is 25.7. The van der Waals surface area contributed by atoms with Crippen LogP contribution in [0.3, 0.4) is 0 Å². The molecule has 23 heavy (non-hydrogen) atoms. The van der Waals surface area contributed by atoms with Crippen LogP contribution >= 0.6 is 12.4 Å². The zero-order chi connectivity index (χ0) is 15.7. The summed E-state index contributed by atoms with van der Waals surface area (Å²) in [7, 11) is 4.37. The Hall–Kier alpha value is -0.990. The topological polar surface area (TPSA) is 19.0 Å². The van der Waals surface area contributed by atoms with Crippen molar-refractivity contribution >= 4 is 18.5 Å². The third kappa shape index (κ3) is 3.44. The number of H-pyrrole nitrogens is 1. The first-order valence-electron chi connectivity index (χ1n) is 8.80. The van der Waals surface area contributed by atoms with E-state index in [1.54, 1.807) is 11.1 Å². The molecular weight excluding hydrogens is 304 g/mol. The summed E-state index contributed by atoms with van der Waals surface area (Å²) in [6.45, 7) is 5.97. The first-order valence-corrected chi connectivity index (χ1v) is 8.80. The van der Waals surface area contributed by atoms with Gasteiger partial charge in [-0.15, -0.1) is 12.4 Å². The van der Waals surface area contributed by atoms with E-state index in [0.29, 0.717) is 11.3 Å². The van der Waals surface area contributed by atoms with Gasteiger partial charge in [0.2, 0.25) is 0 Å². The molecule has 0 radical (unpaired) electrons. The zero-order valence-electron chi connectivity index (χ0n) is 15.0. The van der Waals surface area contributed by atoms with Gasteiger partial charge in [-0.1, -0.05) is 32.1 Å². The molecule has 0 bridgehead atoms. The van der Waals surface area contributed by atoms with Gasteiger partial charge in [-0.3, -0.25) is 0 Å². The summed E-state index contributed by atoms with van der Waals surface area (Å²) < 4.78 is 0. The molecule has 0 spiro atoms. The van der Waals surface area contributed by atoms with E-state index in [9.17, 15) is 0 Å². The molecule has 3 heteroatoms. The Kier molecular flexibility index (Phi) is 5.80. The van der Waals surface area contributed by atoms with Crippen LogP contribution in [0.2, 0.25) is 0 Å². The molecule has 0 aliphatic heterocycles. The maximum Gasteiger partial charge on any atom is 0.0424 e. The number of aromatic amines is 1. The highest BCUT2D eigenvalue weighted by Gasteiger charge is 2.37. The van der Waals surface area contributed by atoms with Crippen molar-refractivity contribution in [1.29, 1.82) is 0 Å². The molecule has 0 saturated carbocycles. The smallest absolute Gasteiger partial charge is 0.0424 e. The van der Waals surface area contributed by atoms with Crippen LogP contribution in [-0.2, 0) is 11.8 Å². The molecule has 0 aromatic carbocycles. The minimum absolute atomic E-state index is 0. The van der Waals surface area contributed by atoms with E-state index in [2.05, 4.69) is 62.1 Å². The lowest BCUT2D eigenvalue weighted by Crippen LogP contribution is -2.32. The van der Waals surface area contributed by atoms with Gasteiger partial charge in [0, 0.05) is 17.3 Å². The average Bonchev–Trinajstić information content (AvgIpc) is 2.75. The largest absolute Gasteiger partial charge is 0.358 e. The third-order valence-electron chi connectivity index (χ3n) is 5.54. The van der Waals surface area contributed by atoms with Crippen LogP contribution < -0.4 is 0 Å². The van der Waals surface area contributed by atoms with Crippen molar-refractivity contribution in [1.82, 2.24) is 9.88 Å². The Morgan fingerprint density at radius 3 is 2.78 bits per heavy atom. The Bertz CT molecular complexity index is 597. The van der Waals surface area contributed by atoms with Gasteiger partial charge in [0.1, 0.15) is 0 Å². The van der Waals surface area contributed by atoms with E-state index in [4.69, 9.17) is 0 Å². The average molecular weight is 335 g/mol. The molecule has 2 unspecified atom stereocenters. The first kappa shape index (κ1) is 18.4. The molecule has 1 aromatic heterocycles. The summed E-state index contributed by atoms with van der Waals surface area (Å²) in [6, 6.07) is 0. The summed E-state index contributed by atoms with van der Waals surface area (Å²) >= 11 is 0. The highest BCUT2D eigenvalue weighted by Crippen LogP contribution is 2.46. The molecule has 0 saturated heterocycles. The van der Waals surface area contributed by atoms with Crippen LogP contribution in [0.5, 0.6) is 0 Å². The standard InChI is InChI=1S/C20H30N2.ClH/c1-5-15-9-6-7-10-16-18(15)19-17(21-16)11-8-12-20(19,2)13-14-22(3)4;/h6-7,9-10,15,21H,5,8,11-14H2,1-4H3;1H. The summed E-state index contributed by atoms with van der Waals surface area (Å²) in [5.74, 6) is 0.557. The minimum Gasteiger partial charge on any atom is -0.358 e. The van der Waals surface area contributed by atoms with Crippen LogP contribution in [0.4, 0.5) is 0 Å². The fourth-order valence-electron chi connectivity index (χ4n) is 4.27. The number of hydrogen-bond acceptors (Lipinski definition) is 1. The number of allylic oxidation sites excluding steroid dienone is 3. The van der Waals surface area contributed by atoms with E-state index in [1.165, 1.54) is 50.0 Å². The SMILES string of the molecule is CCC1C=CC=Cc2[nH]c3c(c21)C(C)(CCN(C)C)CCC3.Cl. The predicted octanol–water partition coefficient (Wildman–Crippen LogP) is 5.06. The van der Waals surface area contributed by atoms with Gasteiger partial charge >= 0.3 is 0 Å². The van der Waals surface area contributed by atoms with Crippen molar-refractivity contribution in [3.63, 3.8) is 0 Å². The summed E-state index contributed by atoms with van der Waals surface area (Å²) in [5.41, 5.74) is 6.43. The molecule has 3 rings (SSSR count). The molecule has 2 aliphatic carbocycles. The zero-order valence-corrected chi connectivity index (χ0v) is 15.8. The van der Waals surface area contributed by atoms with E-state index < -0.39 is 0 Å². The molecular formula is C20H31ClN2. The quantitative estimate of drug-likeness (QED) is 0.815. The Morgan fingerprint density at radius 2 is 2.09 bits per heavy atom. The predicted molar refractivity (Wildman–Crippen MR) is 103 cm³/mol. The number of nitrogens with zero attached hydrogens (tertiary/aromatic N) is 1. The van der Waals surface area contributed by atoms with Crippen molar-refractivity contribution in [2.75, 3.05) is 20.6 Å². The Labute approximate surface area is 147 Å². The molecule has 1 aromatic rings. The van der Waals surface area contributed by atoms with Crippen molar-refractivity contribution in [3.8, 4) is 0 Å². The molecule has 2 atom stereocenters. The number of aromatic nitrogens is 1. The highest BCUT2D eigenvalue weighted by molar-refractivity contribution is 5.85. The van der Waals surface area contributed by atoms with Gasteiger partial charge in [0.05, 0.1) is 0 Å². The van der Waals surface area contributed by atoms with Crippen molar-refractivity contribution in [2.45, 2.75) is 57.3 Å². The van der Waals surface area contributed by atoms with E-state index in [-0.39, 0.29) is 12.4 Å². The first-order chi connectivity index (χ1) is 10.5. The highest BCUT2D eigenvalue weighted by atomic mass is 35.5. The number of halogens is 1. The maximum absolute atomic E-state index is 3.76. The molecule has 0 amide bonds. The number of fused-ring (bicyclic) bond motifs is 3. The Balaban J connectivity index is 0.00000192. The molecule has 2 nitrogen and oxygen atoms in total. The number of rotatable bonds is 4. The van der Waals surface area contributed by atoms with Crippen LogP contribution in [0, 0.1) is 0 Å². The summed E-state index contributed by atoms with van der Waals surface area (Å²) in [5, 5.41) is 0. The van der Waals surface area contributed by atoms with Crippen molar-refractivity contribution in [2.24, 2.45) is 0 Å². The second kappa shape index (κ2) is 7.27. The lowest BCUT2D eigenvalue weighted by Gasteiger charge is -2.37. The van der Waals surface area contributed by atoms with Crippen molar-refractivity contribution < 1.29 is 0 Å². The van der Waals surface area contributed by atoms with Crippen LogP contribution in [0.1, 0.15) is 68.0 Å². The van der Waals surface area contributed by atoms with Crippen LogP contribution in [0.25, 0.3) is 6.08 Å². The van der Waals surface area contributed by atoms with Gasteiger partial charge in [-0.05, 0) is 75.4 Å². The monoisotopic (exact) mass is 334 g/mol. The maximum atomic E-state index is 3.76. The molecule has 128 valence electrons. The number of nitrogens with one attached hydrogen (secondary N) is 1. The lowest BCUT2D eigenvalue weighted by molar-refractivity contribution is 0.298. The summed E-state index contributed by atoms with van der Waals surface area (Å²) in [6.07, 6.45) is 15.3. The minimum atomic E-state index is 0. The molecule has 2 aliphatic rings.